The summed E-state index contributed by atoms with van der Waals surface area (Å²) in [5.41, 5.74) is 7.75. The molecule has 2 aromatic rings. The van der Waals surface area contributed by atoms with E-state index in [2.05, 4.69) is 10.3 Å². The highest BCUT2D eigenvalue weighted by Crippen LogP contribution is 2.29. The lowest BCUT2D eigenvalue weighted by atomic mass is 10.2. The zero-order valence-electron chi connectivity index (χ0n) is 10.1. The molecule has 19 heavy (non-hydrogen) atoms. The van der Waals surface area contributed by atoms with Crippen LogP contribution < -0.4 is 11.1 Å². The van der Waals surface area contributed by atoms with Crippen molar-refractivity contribution in [1.29, 1.82) is 0 Å². The third-order valence-corrected chi connectivity index (χ3v) is 3.29. The number of benzene rings is 1. The molecule has 0 bridgehead atoms. The Morgan fingerprint density at radius 2 is 2.05 bits per heavy atom. The minimum atomic E-state index is -0.309. The second-order valence-electron chi connectivity index (χ2n) is 4.00. The van der Waals surface area contributed by atoms with E-state index in [4.69, 9.17) is 28.9 Å². The Bertz CT molecular complexity index is 621. The third-order valence-electron chi connectivity index (χ3n) is 2.47. The minimum Gasteiger partial charge on any atom is -0.397 e. The monoisotopic (exact) mass is 295 g/mol. The van der Waals surface area contributed by atoms with E-state index >= 15 is 0 Å². The van der Waals surface area contributed by atoms with Gasteiger partial charge in [-0.2, -0.15) is 0 Å². The summed E-state index contributed by atoms with van der Waals surface area (Å²) in [6.45, 7) is 1.84. The predicted octanol–water partition coefficient (Wildman–Crippen LogP) is 3.53. The van der Waals surface area contributed by atoms with Crippen LogP contribution in [0.3, 0.4) is 0 Å². The van der Waals surface area contributed by atoms with Gasteiger partial charge in [0.15, 0.2) is 0 Å². The Hall–Kier alpha value is -1.78. The first-order valence-corrected chi connectivity index (χ1v) is 6.21. The van der Waals surface area contributed by atoms with Crippen molar-refractivity contribution >= 4 is 40.5 Å². The number of hydrogen-bond donors (Lipinski definition) is 2. The van der Waals surface area contributed by atoms with Crippen LogP contribution in [-0.4, -0.2) is 10.9 Å². The molecule has 0 saturated heterocycles. The molecule has 0 fully saturated rings. The topological polar surface area (TPSA) is 68.0 Å². The Kier molecular flexibility index (Phi) is 3.93. The van der Waals surface area contributed by atoms with Crippen LogP contribution in [0.15, 0.2) is 30.5 Å². The summed E-state index contributed by atoms with van der Waals surface area (Å²) >= 11 is 11.7. The number of rotatable bonds is 2. The van der Waals surface area contributed by atoms with Crippen LogP contribution in [0.5, 0.6) is 0 Å². The highest BCUT2D eigenvalue weighted by molar-refractivity contribution is 6.44. The van der Waals surface area contributed by atoms with Crippen molar-refractivity contribution < 1.29 is 4.79 Å². The van der Waals surface area contributed by atoms with E-state index in [1.807, 2.05) is 6.92 Å². The van der Waals surface area contributed by atoms with E-state index in [1.165, 1.54) is 12.1 Å². The molecule has 6 heteroatoms. The number of aryl methyl sites for hydroxylation is 1. The number of anilines is 2. The van der Waals surface area contributed by atoms with E-state index < -0.39 is 0 Å². The highest BCUT2D eigenvalue weighted by atomic mass is 35.5. The summed E-state index contributed by atoms with van der Waals surface area (Å²) in [5.74, 6) is -0.309. The molecule has 1 aromatic carbocycles. The molecule has 0 saturated carbocycles. The summed E-state index contributed by atoms with van der Waals surface area (Å²) < 4.78 is 0. The average molecular weight is 296 g/mol. The number of aromatic nitrogens is 1. The number of carbonyl (C=O) groups excluding carboxylic acids is 1. The predicted molar refractivity (Wildman–Crippen MR) is 77.8 cm³/mol. The first-order chi connectivity index (χ1) is 8.97. The molecule has 2 rings (SSSR count). The van der Waals surface area contributed by atoms with Gasteiger partial charge in [-0.3, -0.25) is 9.78 Å². The first-order valence-electron chi connectivity index (χ1n) is 5.46. The Labute approximate surface area is 120 Å². The van der Waals surface area contributed by atoms with E-state index in [-0.39, 0.29) is 21.6 Å². The quantitative estimate of drug-likeness (QED) is 0.833. The van der Waals surface area contributed by atoms with Gasteiger partial charge < -0.3 is 11.1 Å². The number of nitrogens with zero attached hydrogens (tertiary/aromatic N) is 1. The van der Waals surface area contributed by atoms with Gasteiger partial charge in [-0.05, 0) is 31.2 Å². The van der Waals surface area contributed by atoms with Crippen LogP contribution in [0.4, 0.5) is 11.4 Å². The molecular formula is C13H11Cl2N3O. The fourth-order valence-electron chi connectivity index (χ4n) is 1.57. The van der Waals surface area contributed by atoms with Crippen molar-refractivity contribution in [3.05, 3.63) is 51.8 Å². The Morgan fingerprint density at radius 3 is 2.68 bits per heavy atom. The summed E-state index contributed by atoms with van der Waals surface area (Å²) in [4.78, 5) is 16.1. The number of nitrogen functional groups attached to an aromatic ring is 1. The molecule has 0 aliphatic carbocycles. The van der Waals surface area contributed by atoms with Gasteiger partial charge in [0.1, 0.15) is 0 Å². The lowest BCUT2D eigenvalue weighted by Crippen LogP contribution is -2.12. The van der Waals surface area contributed by atoms with Gasteiger partial charge in [-0.25, -0.2) is 0 Å². The van der Waals surface area contributed by atoms with Crippen LogP contribution in [0.2, 0.25) is 10.0 Å². The zero-order valence-corrected chi connectivity index (χ0v) is 11.6. The molecule has 1 heterocycles. The van der Waals surface area contributed by atoms with Crippen molar-refractivity contribution in [2.75, 3.05) is 11.1 Å². The van der Waals surface area contributed by atoms with E-state index in [0.29, 0.717) is 11.3 Å². The molecule has 0 aliphatic rings. The SMILES string of the molecule is Cc1cc(NC(=O)c2cc(N)c(Cl)c(Cl)c2)ccn1. The van der Waals surface area contributed by atoms with E-state index in [9.17, 15) is 4.79 Å². The number of nitrogens with one attached hydrogen (secondary N) is 1. The lowest BCUT2D eigenvalue weighted by molar-refractivity contribution is 0.102. The lowest BCUT2D eigenvalue weighted by Gasteiger charge is -2.08. The van der Waals surface area contributed by atoms with Crippen molar-refractivity contribution in [3.63, 3.8) is 0 Å². The number of halogens is 2. The fourth-order valence-corrected chi connectivity index (χ4v) is 1.90. The van der Waals surface area contributed by atoms with Crippen LogP contribution >= 0.6 is 23.2 Å². The summed E-state index contributed by atoms with van der Waals surface area (Å²) in [6, 6.07) is 6.42. The number of amides is 1. The Morgan fingerprint density at radius 1 is 1.32 bits per heavy atom. The Balaban J connectivity index is 2.25. The van der Waals surface area contributed by atoms with Crippen LogP contribution in [0.1, 0.15) is 16.1 Å². The number of carbonyl (C=O) groups is 1. The van der Waals surface area contributed by atoms with Crippen LogP contribution in [0, 0.1) is 6.92 Å². The van der Waals surface area contributed by atoms with Gasteiger partial charge in [0, 0.05) is 23.1 Å². The largest absolute Gasteiger partial charge is 0.397 e. The maximum absolute atomic E-state index is 12.1. The molecular weight excluding hydrogens is 285 g/mol. The number of pyridine rings is 1. The van der Waals surface area contributed by atoms with Gasteiger partial charge in [0.25, 0.3) is 5.91 Å². The molecule has 0 unspecified atom stereocenters. The molecule has 1 aromatic heterocycles. The molecule has 1 amide bonds. The van der Waals surface area contributed by atoms with Crippen molar-refractivity contribution in [2.45, 2.75) is 6.92 Å². The number of nitrogens with two attached hydrogens (primary N) is 1. The second-order valence-corrected chi connectivity index (χ2v) is 4.79. The summed E-state index contributed by atoms with van der Waals surface area (Å²) in [6.07, 6.45) is 1.62. The van der Waals surface area contributed by atoms with Gasteiger partial charge >= 0.3 is 0 Å². The van der Waals surface area contributed by atoms with Gasteiger partial charge in [0.05, 0.1) is 15.7 Å². The van der Waals surface area contributed by atoms with Gasteiger partial charge in [-0.15, -0.1) is 0 Å². The highest BCUT2D eigenvalue weighted by Gasteiger charge is 2.11. The number of hydrogen-bond acceptors (Lipinski definition) is 3. The van der Waals surface area contributed by atoms with Gasteiger partial charge in [-0.1, -0.05) is 23.2 Å². The smallest absolute Gasteiger partial charge is 0.255 e. The third kappa shape index (κ3) is 3.16. The molecule has 98 valence electrons. The maximum Gasteiger partial charge on any atom is 0.255 e. The van der Waals surface area contributed by atoms with Gasteiger partial charge in [0.2, 0.25) is 0 Å². The molecule has 0 atom stereocenters. The van der Waals surface area contributed by atoms with Crippen LogP contribution in [-0.2, 0) is 0 Å². The first kappa shape index (κ1) is 13.6. The summed E-state index contributed by atoms with van der Waals surface area (Å²) in [7, 11) is 0. The minimum absolute atomic E-state index is 0.248. The van der Waals surface area contributed by atoms with Crippen molar-refractivity contribution in [2.24, 2.45) is 0 Å². The molecule has 3 N–H and O–H groups in total. The van der Waals surface area contributed by atoms with E-state index in [0.717, 1.165) is 5.69 Å². The zero-order chi connectivity index (χ0) is 14.0. The average Bonchev–Trinajstić information content (AvgIpc) is 2.35. The normalized spacial score (nSPS) is 10.3. The summed E-state index contributed by atoms with van der Waals surface area (Å²) in [5, 5.41) is 3.23. The fraction of sp³-hybridized carbons (Fsp3) is 0.0769. The molecule has 0 radical (unpaired) electrons. The van der Waals surface area contributed by atoms with E-state index in [1.54, 1.807) is 18.3 Å². The van der Waals surface area contributed by atoms with Crippen LogP contribution in [0.25, 0.3) is 0 Å². The standard InChI is InChI=1S/C13H11Cl2N3O/c1-7-4-9(2-3-17-7)18-13(19)8-5-10(14)12(15)11(16)6-8/h2-6H,16H2,1H3,(H,17,18,19). The molecule has 4 nitrogen and oxygen atoms in total. The molecule has 0 spiro atoms. The maximum atomic E-state index is 12.1. The second kappa shape index (κ2) is 5.47. The molecule has 0 aliphatic heterocycles. The van der Waals surface area contributed by atoms with Crippen molar-refractivity contribution in [1.82, 2.24) is 4.98 Å². The van der Waals surface area contributed by atoms with Crippen molar-refractivity contribution in [3.8, 4) is 0 Å².